The van der Waals surface area contributed by atoms with Gasteiger partial charge in [0.25, 0.3) is 0 Å². The summed E-state index contributed by atoms with van der Waals surface area (Å²) in [7, 11) is 0. The van der Waals surface area contributed by atoms with Gasteiger partial charge in [-0.3, -0.25) is 0 Å². The predicted molar refractivity (Wildman–Crippen MR) is 99.6 cm³/mol. The Morgan fingerprint density at radius 1 is 1.04 bits per heavy atom. The van der Waals surface area contributed by atoms with E-state index >= 15 is 0 Å². The van der Waals surface area contributed by atoms with Crippen LogP contribution in [0.5, 0.6) is 0 Å². The van der Waals surface area contributed by atoms with Crippen LogP contribution in [0.15, 0.2) is 59.9 Å². The summed E-state index contributed by atoms with van der Waals surface area (Å²) in [5.41, 5.74) is 0.497. The Morgan fingerprint density at radius 2 is 1.64 bits per heavy atom. The highest BCUT2D eigenvalue weighted by Gasteiger charge is 2.17. The first kappa shape index (κ1) is 17.2. The fourth-order valence-corrected chi connectivity index (χ4v) is 2.93. The summed E-state index contributed by atoms with van der Waals surface area (Å²) in [6, 6.07) is 17.4. The molecule has 0 unspecified atom stereocenters. The average Bonchev–Trinajstić information content (AvgIpc) is 2.66. The summed E-state index contributed by atoms with van der Waals surface area (Å²) < 4.78 is 5.34. The van der Waals surface area contributed by atoms with Gasteiger partial charge in [0.1, 0.15) is 0 Å². The van der Waals surface area contributed by atoms with E-state index in [1.54, 1.807) is 0 Å². The molecule has 0 N–H and O–H groups in total. The molecule has 128 valence electrons. The van der Waals surface area contributed by atoms with Gasteiger partial charge in [0, 0.05) is 12.4 Å². The third-order valence-electron chi connectivity index (χ3n) is 3.99. The number of ether oxygens (including phenoxy) is 1. The highest BCUT2D eigenvalue weighted by atomic mass is 35.5. The lowest BCUT2D eigenvalue weighted by molar-refractivity contribution is 0.0221. The average molecular weight is 357 g/mol. The molecule has 0 atom stereocenters. The second-order valence-electron chi connectivity index (χ2n) is 5.61. The van der Waals surface area contributed by atoms with Crippen LogP contribution < -0.4 is 0 Å². The van der Waals surface area contributed by atoms with Crippen LogP contribution in [0.25, 0.3) is 21.5 Å². The number of benzene rings is 3. The van der Waals surface area contributed by atoms with Crippen molar-refractivity contribution in [3.8, 4) is 0 Å². The van der Waals surface area contributed by atoms with Crippen LogP contribution in [0.2, 0.25) is 0 Å². The molecule has 3 aromatic carbocycles. The van der Waals surface area contributed by atoms with Gasteiger partial charge in [0.2, 0.25) is 0 Å². The van der Waals surface area contributed by atoms with Crippen LogP contribution in [0.1, 0.15) is 16.8 Å². The first-order valence-electron chi connectivity index (χ1n) is 7.96. The van der Waals surface area contributed by atoms with Gasteiger partial charge in [0.05, 0.1) is 10.8 Å². The van der Waals surface area contributed by atoms with Crippen molar-refractivity contribution in [2.45, 2.75) is 6.42 Å². The van der Waals surface area contributed by atoms with Crippen molar-refractivity contribution in [2.75, 3.05) is 19.2 Å². The maximum atomic E-state index is 12.7. The SMILES string of the molecule is O=NN(CCCCl)COC(=O)c1c2ccccc2cc2ccccc12. The van der Waals surface area contributed by atoms with E-state index in [0.29, 0.717) is 24.4 Å². The molecule has 0 aliphatic carbocycles. The zero-order valence-corrected chi connectivity index (χ0v) is 14.3. The molecule has 0 aliphatic rings. The Morgan fingerprint density at radius 3 is 2.20 bits per heavy atom. The zero-order chi connectivity index (χ0) is 17.6. The second kappa shape index (κ2) is 7.94. The van der Waals surface area contributed by atoms with Gasteiger partial charge in [-0.2, -0.15) is 0 Å². The molecule has 0 bridgehead atoms. The Balaban J connectivity index is 1.95. The van der Waals surface area contributed by atoms with Crippen LogP contribution in [-0.4, -0.2) is 30.1 Å². The van der Waals surface area contributed by atoms with Crippen LogP contribution in [0, 0.1) is 4.91 Å². The summed E-state index contributed by atoms with van der Waals surface area (Å²) in [6.07, 6.45) is 0.585. The van der Waals surface area contributed by atoms with Crippen molar-refractivity contribution in [1.29, 1.82) is 0 Å². The highest BCUT2D eigenvalue weighted by Crippen LogP contribution is 2.29. The molecule has 25 heavy (non-hydrogen) atoms. The number of alkyl halides is 1. The molecule has 0 saturated heterocycles. The lowest BCUT2D eigenvalue weighted by Crippen LogP contribution is -2.24. The number of carbonyl (C=O) groups excluding carboxylic acids is 1. The third kappa shape index (κ3) is 3.72. The van der Waals surface area contributed by atoms with Crippen LogP contribution in [0.3, 0.4) is 0 Å². The van der Waals surface area contributed by atoms with Crippen molar-refractivity contribution >= 4 is 39.1 Å². The lowest BCUT2D eigenvalue weighted by atomic mass is 9.97. The molecule has 5 nitrogen and oxygen atoms in total. The van der Waals surface area contributed by atoms with Crippen LogP contribution in [0.4, 0.5) is 0 Å². The number of esters is 1. The molecular weight excluding hydrogens is 340 g/mol. The number of hydrogen-bond donors (Lipinski definition) is 0. The number of carbonyl (C=O) groups is 1. The minimum absolute atomic E-state index is 0.198. The third-order valence-corrected chi connectivity index (χ3v) is 4.25. The van der Waals surface area contributed by atoms with Gasteiger partial charge in [-0.25, -0.2) is 9.80 Å². The number of halogens is 1. The van der Waals surface area contributed by atoms with E-state index < -0.39 is 5.97 Å². The Kier molecular flexibility index (Phi) is 5.46. The van der Waals surface area contributed by atoms with Gasteiger partial charge >= 0.3 is 5.97 Å². The molecule has 3 aromatic rings. The van der Waals surface area contributed by atoms with E-state index in [1.807, 2.05) is 54.6 Å². The molecule has 6 heteroatoms. The number of hydrogen-bond acceptors (Lipinski definition) is 4. The standard InChI is InChI=1S/C19H17ClN2O3/c20-10-5-11-22(21-24)13-25-19(23)18-16-8-3-1-6-14(16)12-15-7-2-4-9-17(15)18/h1-4,6-9,12H,5,10-11,13H2. The smallest absolute Gasteiger partial charge is 0.341 e. The summed E-state index contributed by atoms with van der Waals surface area (Å²) in [6.45, 7) is 0.146. The largest absolute Gasteiger partial charge is 0.439 e. The molecule has 0 amide bonds. The van der Waals surface area contributed by atoms with Gasteiger partial charge in [0.15, 0.2) is 6.73 Å². The second-order valence-corrected chi connectivity index (χ2v) is 5.99. The Hall–Kier alpha value is -2.66. The van der Waals surface area contributed by atoms with E-state index in [1.165, 1.54) is 0 Å². The number of fused-ring (bicyclic) bond motifs is 2. The number of nitrogens with zero attached hydrogens (tertiary/aromatic N) is 2. The maximum absolute atomic E-state index is 12.7. The summed E-state index contributed by atoms with van der Waals surface area (Å²) in [5.74, 6) is -0.0685. The molecule has 0 aliphatic heterocycles. The van der Waals surface area contributed by atoms with E-state index in [9.17, 15) is 9.70 Å². The Labute approximate surface area is 150 Å². The first-order chi connectivity index (χ1) is 12.2. The normalized spacial score (nSPS) is 10.8. The van der Waals surface area contributed by atoms with Crippen LogP contribution >= 0.6 is 11.6 Å². The molecule has 0 aromatic heterocycles. The monoisotopic (exact) mass is 356 g/mol. The first-order valence-corrected chi connectivity index (χ1v) is 8.50. The van der Waals surface area contributed by atoms with Crippen molar-refractivity contribution in [3.05, 3.63) is 65.1 Å². The molecular formula is C19H17ClN2O3. The van der Waals surface area contributed by atoms with Gasteiger partial charge < -0.3 is 4.74 Å². The van der Waals surface area contributed by atoms with E-state index in [4.69, 9.17) is 16.3 Å². The van der Waals surface area contributed by atoms with Gasteiger partial charge in [-0.05, 0) is 34.0 Å². The van der Waals surface area contributed by atoms with Crippen LogP contribution in [-0.2, 0) is 4.74 Å². The Bertz CT molecular complexity index is 859. The van der Waals surface area contributed by atoms with E-state index in [2.05, 4.69) is 5.29 Å². The number of nitroso groups, excluding NO2 is 1. The minimum atomic E-state index is -0.479. The summed E-state index contributed by atoms with van der Waals surface area (Å²) >= 11 is 5.61. The topological polar surface area (TPSA) is 59.0 Å². The summed E-state index contributed by atoms with van der Waals surface area (Å²) in [4.78, 5) is 23.6. The van der Waals surface area contributed by atoms with Crippen molar-refractivity contribution in [2.24, 2.45) is 5.29 Å². The zero-order valence-electron chi connectivity index (χ0n) is 13.5. The summed E-state index contributed by atoms with van der Waals surface area (Å²) in [5, 5.41) is 7.56. The predicted octanol–water partition coefficient (Wildman–Crippen LogP) is 4.72. The van der Waals surface area contributed by atoms with E-state index in [-0.39, 0.29) is 6.73 Å². The molecule has 0 fully saturated rings. The van der Waals surface area contributed by atoms with Crippen molar-refractivity contribution in [3.63, 3.8) is 0 Å². The van der Waals surface area contributed by atoms with E-state index in [0.717, 1.165) is 26.6 Å². The number of rotatable bonds is 7. The molecule has 0 spiro atoms. The molecule has 0 saturated carbocycles. The molecule has 0 heterocycles. The fraction of sp³-hybridized carbons (Fsp3) is 0.211. The quantitative estimate of drug-likeness (QED) is 0.153. The van der Waals surface area contributed by atoms with Gasteiger partial charge in [-0.15, -0.1) is 16.5 Å². The fourth-order valence-electron chi connectivity index (χ4n) is 2.81. The maximum Gasteiger partial charge on any atom is 0.341 e. The van der Waals surface area contributed by atoms with Crippen molar-refractivity contribution < 1.29 is 9.53 Å². The highest BCUT2D eigenvalue weighted by molar-refractivity contribution is 6.18. The lowest BCUT2D eigenvalue weighted by Gasteiger charge is -2.16. The van der Waals surface area contributed by atoms with Crippen molar-refractivity contribution in [1.82, 2.24) is 5.01 Å². The molecule has 0 radical (unpaired) electrons. The van der Waals surface area contributed by atoms with Gasteiger partial charge in [-0.1, -0.05) is 48.5 Å². The minimum Gasteiger partial charge on any atom is -0.439 e. The molecule has 3 rings (SSSR count).